The Morgan fingerprint density at radius 2 is 1.63 bits per heavy atom. The van der Waals surface area contributed by atoms with E-state index >= 15 is 0 Å². The molecule has 0 aliphatic carbocycles. The van der Waals surface area contributed by atoms with Gasteiger partial charge in [-0.1, -0.05) is 59.6 Å². The smallest absolute Gasteiger partial charge is 0.341 e. The lowest BCUT2D eigenvalue weighted by atomic mass is 10.0. The van der Waals surface area contributed by atoms with Crippen LogP contribution < -0.4 is 19.5 Å². The summed E-state index contributed by atoms with van der Waals surface area (Å²) < 4.78 is 22.3. The molecule has 0 spiro atoms. The summed E-state index contributed by atoms with van der Waals surface area (Å²) in [5.41, 5.74) is 4.54. The van der Waals surface area contributed by atoms with Crippen molar-refractivity contribution in [1.29, 1.82) is 0 Å². The molecule has 0 saturated heterocycles. The standard InChI is InChI=1S/C32H27Cl2N3O9/c33-24-11-21(13-35-27(14-38)32(41)42)28(44-15-18-7-8-25-26(9-18)37-46-36-25)12-29(24)45-16-20-4-2-6-23(31(20)34)19-3-1-5-22(10-19)43-17-30(39)40/h1-12,27,35,38H,13-17H2,(H,39,40)(H,41,42)/t27-/m1/s1. The van der Waals surface area contributed by atoms with Crippen molar-refractivity contribution in [2.75, 3.05) is 13.2 Å². The molecule has 0 aliphatic heterocycles. The monoisotopic (exact) mass is 667 g/mol. The van der Waals surface area contributed by atoms with Crippen LogP contribution in [0, 0.1) is 0 Å². The fourth-order valence-corrected chi connectivity index (χ4v) is 5.00. The van der Waals surface area contributed by atoms with E-state index in [0.717, 1.165) is 11.1 Å². The number of rotatable bonds is 15. The summed E-state index contributed by atoms with van der Waals surface area (Å²) in [4.78, 5) is 22.3. The Morgan fingerprint density at radius 1 is 0.848 bits per heavy atom. The molecule has 1 aromatic heterocycles. The zero-order chi connectivity index (χ0) is 32.6. The molecule has 0 saturated carbocycles. The Balaban J connectivity index is 1.36. The molecule has 0 bridgehead atoms. The molecule has 0 fully saturated rings. The first-order chi connectivity index (χ1) is 22.2. The fraction of sp³-hybridized carbons (Fsp3) is 0.188. The van der Waals surface area contributed by atoms with Gasteiger partial charge in [-0.2, -0.15) is 0 Å². The van der Waals surface area contributed by atoms with E-state index in [1.54, 1.807) is 48.5 Å². The van der Waals surface area contributed by atoms with Crippen LogP contribution in [0.15, 0.2) is 77.4 Å². The first-order valence-electron chi connectivity index (χ1n) is 13.8. The number of carboxylic acids is 2. The van der Waals surface area contributed by atoms with E-state index in [-0.39, 0.29) is 24.8 Å². The maximum absolute atomic E-state index is 11.4. The van der Waals surface area contributed by atoms with Gasteiger partial charge < -0.3 is 29.5 Å². The molecule has 0 unspecified atom stereocenters. The normalized spacial score (nSPS) is 11.7. The predicted octanol–water partition coefficient (Wildman–Crippen LogP) is 5.35. The minimum atomic E-state index is -1.20. The number of halogens is 2. The number of aliphatic hydroxyl groups is 1. The average Bonchev–Trinajstić information content (AvgIpc) is 3.52. The van der Waals surface area contributed by atoms with Crippen molar-refractivity contribution in [3.63, 3.8) is 0 Å². The van der Waals surface area contributed by atoms with Crippen molar-refractivity contribution in [2.24, 2.45) is 0 Å². The van der Waals surface area contributed by atoms with Crippen LogP contribution in [0.5, 0.6) is 17.2 Å². The number of hydrogen-bond donors (Lipinski definition) is 4. The van der Waals surface area contributed by atoms with Gasteiger partial charge in [0.15, 0.2) is 6.61 Å². The molecule has 0 radical (unpaired) electrons. The number of aliphatic carboxylic acids is 2. The number of nitrogens with zero attached hydrogens (tertiary/aromatic N) is 2. The minimum Gasteiger partial charge on any atom is -0.488 e. The van der Waals surface area contributed by atoms with Crippen molar-refractivity contribution in [3.05, 3.63) is 99.5 Å². The van der Waals surface area contributed by atoms with E-state index in [0.29, 0.717) is 50.0 Å². The summed E-state index contributed by atoms with van der Waals surface area (Å²) in [7, 11) is 0. The van der Waals surface area contributed by atoms with Crippen molar-refractivity contribution in [2.45, 2.75) is 25.8 Å². The lowest BCUT2D eigenvalue weighted by Crippen LogP contribution is -2.39. The third-order valence-electron chi connectivity index (χ3n) is 6.82. The largest absolute Gasteiger partial charge is 0.488 e. The molecule has 12 nitrogen and oxygen atoms in total. The average molecular weight is 668 g/mol. The summed E-state index contributed by atoms with van der Waals surface area (Å²) in [6.45, 7) is -0.876. The highest BCUT2D eigenvalue weighted by Crippen LogP contribution is 2.36. The molecule has 5 rings (SSSR count). The maximum Gasteiger partial charge on any atom is 0.341 e. The predicted molar refractivity (Wildman–Crippen MR) is 167 cm³/mol. The molecule has 46 heavy (non-hydrogen) atoms. The number of aliphatic hydroxyl groups excluding tert-OH is 1. The molecule has 4 N–H and O–H groups in total. The number of ether oxygens (including phenoxy) is 3. The van der Waals surface area contributed by atoms with Crippen LogP contribution in [-0.4, -0.2) is 56.8 Å². The highest BCUT2D eigenvalue weighted by Gasteiger charge is 2.19. The van der Waals surface area contributed by atoms with Gasteiger partial charge in [0.05, 0.1) is 16.7 Å². The van der Waals surface area contributed by atoms with Crippen LogP contribution in [0.4, 0.5) is 0 Å². The molecule has 1 heterocycles. The Kier molecular flexibility index (Phi) is 10.6. The van der Waals surface area contributed by atoms with Gasteiger partial charge in [0.1, 0.15) is 47.5 Å². The quantitative estimate of drug-likeness (QED) is 0.113. The van der Waals surface area contributed by atoms with Gasteiger partial charge in [0.25, 0.3) is 0 Å². The van der Waals surface area contributed by atoms with Crippen molar-refractivity contribution in [1.82, 2.24) is 15.6 Å². The van der Waals surface area contributed by atoms with Gasteiger partial charge in [-0.25, -0.2) is 9.42 Å². The highest BCUT2D eigenvalue weighted by atomic mass is 35.5. The van der Waals surface area contributed by atoms with Crippen LogP contribution in [0.25, 0.3) is 22.2 Å². The van der Waals surface area contributed by atoms with E-state index in [1.165, 1.54) is 0 Å². The zero-order valence-corrected chi connectivity index (χ0v) is 25.5. The summed E-state index contributed by atoms with van der Waals surface area (Å²) >= 11 is 13.4. The molecule has 5 aromatic rings. The number of carbonyl (C=O) groups is 2. The second-order valence-corrected chi connectivity index (χ2v) is 10.8. The number of aromatic nitrogens is 2. The molecule has 1 atom stereocenters. The first kappa shape index (κ1) is 32.5. The van der Waals surface area contributed by atoms with E-state index in [9.17, 15) is 19.8 Å². The molecular weight excluding hydrogens is 641 g/mol. The Bertz CT molecular complexity index is 1860. The Morgan fingerprint density at radius 3 is 2.41 bits per heavy atom. The molecule has 0 aliphatic rings. The Hall–Kier alpha value is -4.88. The number of nitrogens with one attached hydrogen (secondary N) is 1. The minimum absolute atomic E-state index is 0.0300. The van der Waals surface area contributed by atoms with Gasteiger partial charge in [0.2, 0.25) is 0 Å². The van der Waals surface area contributed by atoms with Crippen LogP contribution in [-0.2, 0) is 29.3 Å². The van der Waals surface area contributed by atoms with Gasteiger partial charge in [0, 0.05) is 29.3 Å². The van der Waals surface area contributed by atoms with Gasteiger partial charge in [-0.15, -0.1) is 0 Å². The van der Waals surface area contributed by atoms with E-state index in [2.05, 4.69) is 15.6 Å². The second-order valence-electron chi connectivity index (χ2n) is 10.00. The van der Waals surface area contributed by atoms with E-state index in [1.807, 2.05) is 24.3 Å². The SMILES string of the molecule is O=C(O)COc1cccc(-c2cccc(COc3cc(OCc4ccc5nonc5c4)c(CN[C@H](CO)C(=O)O)cc3Cl)c2Cl)c1. The summed E-state index contributed by atoms with van der Waals surface area (Å²) in [5.74, 6) is -1.24. The van der Waals surface area contributed by atoms with Gasteiger partial charge in [-0.05, 0) is 51.8 Å². The molecule has 4 aromatic carbocycles. The maximum atomic E-state index is 11.4. The second kappa shape index (κ2) is 14.9. The topological polar surface area (TPSA) is 173 Å². The third kappa shape index (κ3) is 8.03. The van der Waals surface area contributed by atoms with Crippen molar-refractivity contribution in [3.8, 4) is 28.4 Å². The summed E-state index contributed by atoms with van der Waals surface area (Å²) in [6.07, 6.45) is 0. The van der Waals surface area contributed by atoms with Crippen LogP contribution in [0.2, 0.25) is 10.0 Å². The Labute approximate surface area is 272 Å². The van der Waals surface area contributed by atoms with Crippen LogP contribution >= 0.6 is 23.2 Å². The summed E-state index contributed by atoms with van der Waals surface area (Å²) in [6, 6.07) is 19.7. The fourth-order valence-electron chi connectivity index (χ4n) is 4.47. The van der Waals surface area contributed by atoms with E-state index in [4.69, 9.17) is 47.1 Å². The van der Waals surface area contributed by atoms with Crippen molar-refractivity contribution >= 4 is 46.2 Å². The third-order valence-corrected chi connectivity index (χ3v) is 7.56. The van der Waals surface area contributed by atoms with E-state index < -0.39 is 31.2 Å². The zero-order valence-electron chi connectivity index (χ0n) is 24.0. The lowest BCUT2D eigenvalue weighted by molar-refractivity contribution is -0.141. The van der Waals surface area contributed by atoms with Crippen LogP contribution in [0.3, 0.4) is 0 Å². The number of fused-ring (bicyclic) bond motifs is 1. The lowest BCUT2D eigenvalue weighted by Gasteiger charge is -2.18. The van der Waals surface area contributed by atoms with Crippen LogP contribution in [0.1, 0.15) is 16.7 Å². The molecular formula is C32H27Cl2N3O9. The number of benzene rings is 4. The molecule has 238 valence electrons. The highest BCUT2D eigenvalue weighted by molar-refractivity contribution is 6.34. The van der Waals surface area contributed by atoms with Gasteiger partial charge >= 0.3 is 11.9 Å². The molecule has 14 heteroatoms. The van der Waals surface area contributed by atoms with Crippen molar-refractivity contribution < 1.29 is 43.7 Å². The first-order valence-corrected chi connectivity index (χ1v) is 14.6. The number of hydrogen-bond acceptors (Lipinski definition) is 10. The van der Waals surface area contributed by atoms with Gasteiger partial charge in [-0.3, -0.25) is 10.1 Å². The summed E-state index contributed by atoms with van der Waals surface area (Å²) in [5, 5.41) is 38.8. The number of carboxylic acid groups (broad SMARTS) is 2. The molecule has 0 amide bonds.